The molecule has 0 radical (unpaired) electrons. The van der Waals surface area contributed by atoms with Gasteiger partial charge in [-0.25, -0.2) is 18.6 Å². The predicted octanol–water partition coefficient (Wildman–Crippen LogP) is 1.70. The molecule has 2 aliphatic rings. The van der Waals surface area contributed by atoms with Crippen molar-refractivity contribution in [2.75, 3.05) is 18.1 Å². The van der Waals surface area contributed by atoms with E-state index in [9.17, 15) is 13.2 Å². The van der Waals surface area contributed by atoms with Crippen LogP contribution < -0.4 is 15.5 Å². The molecule has 0 aliphatic carbocycles. The van der Waals surface area contributed by atoms with Crippen molar-refractivity contribution < 1.29 is 17.9 Å². The number of ether oxygens (including phenoxy) is 1. The van der Waals surface area contributed by atoms with Crippen molar-refractivity contribution in [3.05, 3.63) is 33.8 Å². The van der Waals surface area contributed by atoms with Gasteiger partial charge in [0, 0.05) is 21.7 Å². The molecular formula is C15H16BrN3O4S. The number of sulfone groups is 1. The second kappa shape index (κ2) is 6.94. The van der Waals surface area contributed by atoms with Gasteiger partial charge in [0.05, 0.1) is 17.7 Å². The molecular weight excluding hydrogens is 398 g/mol. The largest absolute Gasteiger partial charge is 0.488 e. The van der Waals surface area contributed by atoms with Gasteiger partial charge in [0.1, 0.15) is 12.4 Å². The number of urea groups is 1. The minimum atomic E-state index is -3.02. The fourth-order valence-electron chi connectivity index (χ4n) is 2.54. The minimum absolute atomic E-state index is 0.0191. The van der Waals surface area contributed by atoms with Crippen LogP contribution in [0.4, 0.5) is 4.79 Å². The van der Waals surface area contributed by atoms with E-state index in [-0.39, 0.29) is 17.5 Å². The molecule has 7 nitrogen and oxygen atoms in total. The van der Waals surface area contributed by atoms with Crippen molar-refractivity contribution in [3.8, 4) is 5.75 Å². The summed E-state index contributed by atoms with van der Waals surface area (Å²) in [7, 11) is -3.02. The number of carbonyl (C=O) groups excluding carboxylic acids is 1. The molecule has 2 N–H and O–H groups in total. The number of nitrogens with zero attached hydrogens (tertiary/aromatic N) is 1. The van der Waals surface area contributed by atoms with Gasteiger partial charge in [-0.3, -0.25) is 0 Å². The zero-order valence-corrected chi connectivity index (χ0v) is 15.1. The molecule has 3 rings (SSSR count). The number of rotatable bonds is 3. The number of halogens is 1. The van der Waals surface area contributed by atoms with Gasteiger partial charge < -0.3 is 10.1 Å². The lowest BCUT2D eigenvalue weighted by Crippen LogP contribution is -2.40. The van der Waals surface area contributed by atoms with Crippen LogP contribution in [-0.4, -0.2) is 44.8 Å². The first-order valence-electron chi connectivity index (χ1n) is 7.34. The number of fused-ring (bicyclic) bond motifs is 1. The second-order valence-corrected chi connectivity index (χ2v) is 8.78. The Hall–Kier alpha value is -1.87. The van der Waals surface area contributed by atoms with E-state index in [0.29, 0.717) is 13.0 Å². The maximum absolute atomic E-state index is 11.7. The molecule has 2 heterocycles. The first-order valence-corrected chi connectivity index (χ1v) is 9.96. The van der Waals surface area contributed by atoms with Gasteiger partial charge in [0.2, 0.25) is 0 Å². The normalized spacial score (nSPS) is 21.7. The summed E-state index contributed by atoms with van der Waals surface area (Å²) in [6.45, 7) is 0.363. The molecule has 1 fully saturated rings. The zero-order chi connectivity index (χ0) is 17.2. The van der Waals surface area contributed by atoms with E-state index in [1.54, 1.807) is 0 Å². The van der Waals surface area contributed by atoms with E-state index in [1.807, 2.05) is 24.3 Å². The first-order chi connectivity index (χ1) is 11.4. The van der Waals surface area contributed by atoms with Gasteiger partial charge in [-0.1, -0.05) is 15.9 Å². The number of hydrazone groups is 1. The summed E-state index contributed by atoms with van der Waals surface area (Å²) in [4.78, 5) is 11.7. The van der Waals surface area contributed by atoms with E-state index < -0.39 is 15.9 Å². The summed E-state index contributed by atoms with van der Waals surface area (Å²) >= 11 is 3.41. The highest BCUT2D eigenvalue weighted by Crippen LogP contribution is 2.28. The number of benzene rings is 1. The molecule has 1 aromatic rings. The average Bonchev–Trinajstić information content (AvgIpc) is 2.85. The van der Waals surface area contributed by atoms with E-state index in [4.69, 9.17) is 4.74 Å². The molecule has 1 aromatic carbocycles. The molecule has 0 saturated carbocycles. The molecule has 2 aliphatic heterocycles. The van der Waals surface area contributed by atoms with Crippen LogP contribution in [-0.2, 0) is 9.84 Å². The summed E-state index contributed by atoms with van der Waals surface area (Å²) < 4.78 is 29.2. The van der Waals surface area contributed by atoms with Crippen LogP contribution in [0.25, 0.3) is 6.08 Å². The molecule has 128 valence electrons. The highest BCUT2D eigenvalue weighted by molar-refractivity contribution is 9.10. The van der Waals surface area contributed by atoms with Crippen molar-refractivity contribution >= 4 is 44.1 Å². The van der Waals surface area contributed by atoms with Gasteiger partial charge in [-0.2, -0.15) is 5.10 Å². The van der Waals surface area contributed by atoms with Crippen molar-refractivity contribution in [2.45, 2.75) is 12.5 Å². The van der Waals surface area contributed by atoms with Crippen molar-refractivity contribution in [2.24, 2.45) is 5.10 Å². The summed E-state index contributed by atoms with van der Waals surface area (Å²) in [5, 5.41) is 6.47. The van der Waals surface area contributed by atoms with E-state index in [0.717, 1.165) is 21.4 Å². The summed E-state index contributed by atoms with van der Waals surface area (Å²) in [5.74, 6) is 0.887. The number of amides is 2. The standard InChI is InChI=1S/C15H16BrN3O4S/c16-12-1-2-14-11(6-12)5-10(8-23-14)7-17-19-15(20)18-13-3-4-24(21,22)9-13/h1-2,5-7,13H,3-4,8-9H2,(H2,18,19,20)/t13-/m0/s1. The lowest BCUT2D eigenvalue weighted by molar-refractivity contribution is 0.238. The van der Waals surface area contributed by atoms with Crippen LogP contribution >= 0.6 is 15.9 Å². The Morgan fingerprint density at radius 3 is 3.00 bits per heavy atom. The molecule has 2 amide bonds. The highest BCUT2D eigenvalue weighted by Gasteiger charge is 2.28. The third-order valence-corrected chi connectivity index (χ3v) is 5.93. The Morgan fingerprint density at radius 2 is 2.25 bits per heavy atom. The van der Waals surface area contributed by atoms with E-state index >= 15 is 0 Å². The van der Waals surface area contributed by atoms with Crippen molar-refractivity contribution in [3.63, 3.8) is 0 Å². The molecule has 1 saturated heterocycles. The van der Waals surface area contributed by atoms with Crippen LogP contribution in [0.5, 0.6) is 5.75 Å². The SMILES string of the molecule is O=C(NN=CC1=Cc2cc(Br)ccc2OC1)N[C@H]1CCS(=O)(=O)C1. The van der Waals surface area contributed by atoms with E-state index in [2.05, 4.69) is 31.8 Å². The Bertz CT molecular complexity index is 820. The van der Waals surface area contributed by atoms with Gasteiger partial charge >= 0.3 is 6.03 Å². The number of hydrogen-bond donors (Lipinski definition) is 2. The van der Waals surface area contributed by atoms with Crippen LogP contribution in [0, 0.1) is 0 Å². The third-order valence-electron chi connectivity index (χ3n) is 3.67. The first kappa shape index (κ1) is 17.0. The minimum Gasteiger partial charge on any atom is -0.488 e. The fraction of sp³-hybridized carbons (Fsp3) is 0.333. The van der Waals surface area contributed by atoms with Gasteiger partial charge in [0.25, 0.3) is 0 Å². The maximum atomic E-state index is 11.7. The summed E-state index contributed by atoms with van der Waals surface area (Å²) in [5.41, 5.74) is 4.08. The number of hydrogen-bond acceptors (Lipinski definition) is 5. The van der Waals surface area contributed by atoms with Crippen LogP contribution in [0.15, 0.2) is 33.3 Å². The molecule has 9 heteroatoms. The highest BCUT2D eigenvalue weighted by atomic mass is 79.9. The van der Waals surface area contributed by atoms with Crippen LogP contribution in [0.3, 0.4) is 0 Å². The lowest BCUT2D eigenvalue weighted by atomic mass is 10.1. The van der Waals surface area contributed by atoms with Crippen molar-refractivity contribution in [1.29, 1.82) is 0 Å². The third kappa shape index (κ3) is 4.35. The number of carbonyl (C=O) groups is 1. The molecule has 0 unspecified atom stereocenters. The van der Waals surface area contributed by atoms with Gasteiger partial charge in [0.15, 0.2) is 9.84 Å². The average molecular weight is 414 g/mol. The molecule has 0 aromatic heterocycles. The van der Waals surface area contributed by atoms with Crippen LogP contribution in [0.2, 0.25) is 0 Å². The summed E-state index contributed by atoms with van der Waals surface area (Å²) in [6.07, 6.45) is 3.87. The summed E-state index contributed by atoms with van der Waals surface area (Å²) in [6, 6.07) is 4.84. The number of nitrogens with one attached hydrogen (secondary N) is 2. The molecule has 24 heavy (non-hydrogen) atoms. The Balaban J connectivity index is 1.54. The Morgan fingerprint density at radius 1 is 1.42 bits per heavy atom. The molecule has 0 bridgehead atoms. The van der Waals surface area contributed by atoms with E-state index in [1.165, 1.54) is 6.21 Å². The predicted molar refractivity (Wildman–Crippen MR) is 94.8 cm³/mol. The monoisotopic (exact) mass is 413 g/mol. The van der Waals surface area contributed by atoms with Crippen LogP contribution in [0.1, 0.15) is 12.0 Å². The Labute approximate surface area is 148 Å². The Kier molecular flexibility index (Phi) is 4.91. The van der Waals surface area contributed by atoms with Gasteiger partial charge in [-0.05, 0) is 30.7 Å². The van der Waals surface area contributed by atoms with Gasteiger partial charge in [-0.15, -0.1) is 0 Å². The maximum Gasteiger partial charge on any atom is 0.335 e. The fourth-order valence-corrected chi connectivity index (χ4v) is 4.59. The lowest BCUT2D eigenvalue weighted by Gasteiger charge is -2.15. The quantitative estimate of drug-likeness (QED) is 0.581. The second-order valence-electron chi connectivity index (χ2n) is 5.63. The van der Waals surface area contributed by atoms with Crippen molar-refractivity contribution in [1.82, 2.24) is 10.7 Å². The zero-order valence-electron chi connectivity index (χ0n) is 12.7. The molecule has 0 spiro atoms. The molecule has 1 atom stereocenters. The topological polar surface area (TPSA) is 96.9 Å². The smallest absolute Gasteiger partial charge is 0.335 e.